The van der Waals surface area contributed by atoms with E-state index < -0.39 is 17.7 Å². The van der Waals surface area contributed by atoms with E-state index in [1.54, 1.807) is 11.5 Å². The summed E-state index contributed by atoms with van der Waals surface area (Å²) in [4.78, 5) is 16.2. The van der Waals surface area contributed by atoms with Crippen LogP contribution in [0.1, 0.15) is 16.7 Å². The molecule has 0 radical (unpaired) electrons. The lowest BCUT2D eigenvalue weighted by atomic mass is 10.1. The maximum absolute atomic E-state index is 13.5. The number of nitrogens with one attached hydrogen (secondary N) is 1. The Morgan fingerprint density at radius 2 is 1.84 bits per heavy atom. The number of rotatable bonds is 6. The van der Waals surface area contributed by atoms with Crippen LogP contribution in [0.2, 0.25) is 5.02 Å². The van der Waals surface area contributed by atoms with Crippen LogP contribution < -0.4 is 20.3 Å². The minimum absolute atomic E-state index is 0.0226. The van der Waals surface area contributed by atoms with Crippen molar-refractivity contribution in [1.82, 2.24) is 9.55 Å². The van der Waals surface area contributed by atoms with E-state index in [-0.39, 0.29) is 34.6 Å². The van der Waals surface area contributed by atoms with Gasteiger partial charge in [0, 0.05) is 5.69 Å². The molecule has 0 spiro atoms. The van der Waals surface area contributed by atoms with Gasteiger partial charge in [0.15, 0.2) is 0 Å². The SMILES string of the molecule is COc1cn(Cc2ccc(F)c(Cl)c2)c(Nc2cc(C)c(OC(F)(F)F)cc2C)nc1=O. The third kappa shape index (κ3) is 5.50. The van der Waals surface area contributed by atoms with Crippen LogP contribution in [0.5, 0.6) is 11.5 Å². The fraction of sp³-hybridized carbons (Fsp3) is 0.238. The number of halogens is 5. The number of nitrogens with zero attached hydrogens (tertiary/aromatic N) is 2. The van der Waals surface area contributed by atoms with Crippen molar-refractivity contribution in [2.75, 3.05) is 12.4 Å². The lowest BCUT2D eigenvalue weighted by molar-refractivity contribution is -0.274. The normalized spacial score (nSPS) is 11.4. The van der Waals surface area contributed by atoms with Gasteiger partial charge in [0.25, 0.3) is 0 Å². The molecule has 0 aliphatic heterocycles. The molecule has 3 aromatic rings. The molecule has 0 aliphatic carbocycles. The van der Waals surface area contributed by atoms with Crippen LogP contribution in [0.3, 0.4) is 0 Å². The average Bonchev–Trinajstić information content (AvgIpc) is 2.69. The maximum Gasteiger partial charge on any atom is 0.573 e. The summed E-state index contributed by atoms with van der Waals surface area (Å²) >= 11 is 5.85. The van der Waals surface area contributed by atoms with E-state index in [1.807, 2.05) is 0 Å². The van der Waals surface area contributed by atoms with Crippen molar-refractivity contribution < 1.29 is 27.0 Å². The topological polar surface area (TPSA) is 65.4 Å². The van der Waals surface area contributed by atoms with E-state index >= 15 is 0 Å². The third-order valence-electron chi connectivity index (χ3n) is 4.51. The number of hydrogen-bond acceptors (Lipinski definition) is 5. The molecule has 1 N–H and O–H groups in total. The van der Waals surface area contributed by atoms with Crippen molar-refractivity contribution in [3.8, 4) is 11.5 Å². The van der Waals surface area contributed by atoms with E-state index in [0.29, 0.717) is 16.8 Å². The van der Waals surface area contributed by atoms with E-state index in [2.05, 4.69) is 15.0 Å². The molecule has 32 heavy (non-hydrogen) atoms. The first-order chi connectivity index (χ1) is 15.0. The minimum Gasteiger partial charge on any atom is -0.490 e. The van der Waals surface area contributed by atoms with Crippen molar-refractivity contribution in [3.05, 3.63) is 74.4 Å². The van der Waals surface area contributed by atoms with Gasteiger partial charge in [0.2, 0.25) is 11.7 Å². The van der Waals surface area contributed by atoms with Gasteiger partial charge in [-0.15, -0.1) is 13.2 Å². The van der Waals surface area contributed by atoms with Gasteiger partial charge in [-0.3, -0.25) is 4.79 Å². The summed E-state index contributed by atoms with van der Waals surface area (Å²) in [5.41, 5.74) is 1.04. The molecule has 1 heterocycles. The van der Waals surface area contributed by atoms with Crippen LogP contribution in [-0.4, -0.2) is 23.0 Å². The number of hydrogen-bond donors (Lipinski definition) is 1. The smallest absolute Gasteiger partial charge is 0.490 e. The highest BCUT2D eigenvalue weighted by atomic mass is 35.5. The number of aromatic nitrogens is 2. The van der Waals surface area contributed by atoms with Crippen LogP contribution in [0.25, 0.3) is 0 Å². The molecule has 0 bridgehead atoms. The zero-order chi connectivity index (χ0) is 23.6. The Bertz CT molecular complexity index is 1210. The highest BCUT2D eigenvalue weighted by Crippen LogP contribution is 2.32. The summed E-state index contributed by atoms with van der Waals surface area (Å²) in [5.74, 6) is -0.827. The first kappa shape index (κ1) is 23.4. The van der Waals surface area contributed by atoms with Gasteiger partial charge < -0.3 is 19.4 Å². The molecular weight excluding hydrogens is 454 g/mol. The second-order valence-corrected chi connectivity index (χ2v) is 7.33. The van der Waals surface area contributed by atoms with Gasteiger partial charge in [-0.05, 0) is 54.8 Å². The molecule has 2 aromatic carbocycles. The van der Waals surface area contributed by atoms with Gasteiger partial charge in [0.05, 0.1) is 24.9 Å². The molecule has 0 amide bonds. The van der Waals surface area contributed by atoms with Crippen LogP contribution >= 0.6 is 11.6 Å². The Morgan fingerprint density at radius 1 is 1.12 bits per heavy atom. The minimum atomic E-state index is -4.82. The Kier molecular flexibility index (Phi) is 6.63. The van der Waals surface area contributed by atoms with Crippen LogP contribution in [0, 0.1) is 19.7 Å². The van der Waals surface area contributed by atoms with Gasteiger partial charge in [-0.25, -0.2) is 4.39 Å². The molecule has 0 saturated carbocycles. The monoisotopic (exact) mass is 471 g/mol. The van der Waals surface area contributed by atoms with E-state index in [1.165, 1.54) is 50.6 Å². The lowest BCUT2D eigenvalue weighted by Gasteiger charge is -2.18. The second kappa shape index (κ2) is 9.07. The fourth-order valence-corrected chi connectivity index (χ4v) is 3.15. The fourth-order valence-electron chi connectivity index (χ4n) is 2.95. The second-order valence-electron chi connectivity index (χ2n) is 6.92. The Hall–Kier alpha value is -3.27. The summed E-state index contributed by atoms with van der Waals surface area (Å²) in [6.45, 7) is 3.19. The molecule has 0 saturated heterocycles. The summed E-state index contributed by atoms with van der Waals surface area (Å²) in [5, 5.41) is 2.90. The van der Waals surface area contributed by atoms with Gasteiger partial charge in [-0.1, -0.05) is 17.7 Å². The number of alkyl halides is 3. The zero-order valence-electron chi connectivity index (χ0n) is 17.2. The molecule has 170 valence electrons. The predicted molar refractivity (Wildman–Crippen MR) is 111 cm³/mol. The van der Waals surface area contributed by atoms with Crippen molar-refractivity contribution >= 4 is 23.2 Å². The molecule has 11 heteroatoms. The highest BCUT2D eigenvalue weighted by molar-refractivity contribution is 6.30. The first-order valence-corrected chi connectivity index (χ1v) is 9.58. The number of methoxy groups -OCH3 is 1. The molecular formula is C21H18ClF4N3O3. The molecule has 0 unspecified atom stereocenters. The van der Waals surface area contributed by atoms with E-state index in [9.17, 15) is 22.4 Å². The summed E-state index contributed by atoms with van der Waals surface area (Å²) in [6.07, 6.45) is -3.40. The molecule has 6 nitrogen and oxygen atoms in total. The Morgan fingerprint density at radius 3 is 2.47 bits per heavy atom. The van der Waals surface area contributed by atoms with Gasteiger partial charge in [-0.2, -0.15) is 4.98 Å². The summed E-state index contributed by atoms with van der Waals surface area (Å²) < 4.78 is 61.9. The van der Waals surface area contributed by atoms with Crippen molar-refractivity contribution in [2.24, 2.45) is 0 Å². The van der Waals surface area contributed by atoms with E-state index in [4.69, 9.17) is 16.3 Å². The summed E-state index contributed by atoms with van der Waals surface area (Å²) in [7, 11) is 1.32. The Labute approximate surface area is 185 Å². The molecule has 0 fully saturated rings. The third-order valence-corrected chi connectivity index (χ3v) is 4.80. The van der Waals surface area contributed by atoms with Gasteiger partial charge >= 0.3 is 11.9 Å². The quantitative estimate of drug-likeness (QED) is 0.491. The van der Waals surface area contributed by atoms with Crippen LogP contribution in [-0.2, 0) is 6.54 Å². The number of anilines is 2. The average molecular weight is 472 g/mol. The van der Waals surface area contributed by atoms with Crippen molar-refractivity contribution in [1.29, 1.82) is 0 Å². The predicted octanol–water partition coefficient (Wildman–Crippen LogP) is 5.35. The zero-order valence-corrected chi connectivity index (χ0v) is 17.9. The molecule has 0 aliphatic rings. The summed E-state index contributed by atoms with van der Waals surface area (Å²) in [6, 6.07) is 6.85. The molecule has 0 atom stereocenters. The highest BCUT2D eigenvalue weighted by Gasteiger charge is 2.32. The lowest BCUT2D eigenvalue weighted by Crippen LogP contribution is -2.19. The van der Waals surface area contributed by atoms with Crippen LogP contribution in [0.4, 0.5) is 29.2 Å². The maximum atomic E-state index is 13.5. The number of aryl methyl sites for hydroxylation is 2. The number of benzene rings is 2. The van der Waals surface area contributed by atoms with Gasteiger partial charge in [0.1, 0.15) is 11.6 Å². The van der Waals surface area contributed by atoms with Crippen molar-refractivity contribution in [2.45, 2.75) is 26.8 Å². The largest absolute Gasteiger partial charge is 0.573 e. The first-order valence-electron chi connectivity index (χ1n) is 9.20. The van der Waals surface area contributed by atoms with Crippen molar-refractivity contribution in [3.63, 3.8) is 0 Å². The standard InChI is InChI=1S/C21H18ClF4N3O3/c1-11-7-17(32-21(24,25)26)12(2)6-16(11)27-20-28-19(30)18(31-3)10-29(20)9-13-4-5-15(23)14(22)8-13/h4-8,10H,9H2,1-3H3,(H,27,28,30). The Balaban J connectivity index is 2.00. The molecule has 1 aromatic heterocycles. The van der Waals surface area contributed by atoms with E-state index in [0.717, 1.165) is 0 Å². The van der Waals surface area contributed by atoms with Crippen LogP contribution in [0.15, 0.2) is 41.3 Å². The number of ether oxygens (including phenoxy) is 2. The molecule has 3 rings (SSSR count).